The van der Waals surface area contributed by atoms with Crippen LogP contribution in [0, 0.1) is 0 Å². The second-order valence-corrected chi connectivity index (χ2v) is 5.94. The number of benzene rings is 1. The van der Waals surface area contributed by atoms with Gasteiger partial charge >= 0.3 is 0 Å². The van der Waals surface area contributed by atoms with Crippen molar-refractivity contribution in [3.8, 4) is 0 Å². The third-order valence-electron chi connectivity index (χ3n) is 3.36. The summed E-state index contributed by atoms with van der Waals surface area (Å²) in [5.41, 5.74) is 6.85. The summed E-state index contributed by atoms with van der Waals surface area (Å²) in [6, 6.07) is 5.29. The molecule has 0 saturated carbocycles. The van der Waals surface area contributed by atoms with E-state index in [0.29, 0.717) is 24.3 Å². The molecule has 1 heterocycles. The number of nitrogens with zero attached hydrogens (tertiary/aromatic N) is 1. The second-order valence-electron chi connectivity index (χ2n) is 5.02. The van der Waals surface area contributed by atoms with E-state index in [2.05, 4.69) is 21.2 Å². The largest absolute Gasteiger partial charge is 0.398 e. The second kappa shape index (κ2) is 6.26. The van der Waals surface area contributed by atoms with E-state index >= 15 is 0 Å². The first kappa shape index (κ1) is 14.8. The zero-order valence-electron chi connectivity index (χ0n) is 11.4. The van der Waals surface area contributed by atoms with E-state index < -0.39 is 0 Å². The summed E-state index contributed by atoms with van der Waals surface area (Å²) in [5.74, 6) is -0.148. The van der Waals surface area contributed by atoms with E-state index in [4.69, 9.17) is 5.73 Å². The minimum Gasteiger partial charge on any atom is -0.398 e. The third kappa shape index (κ3) is 3.50. The minimum absolute atomic E-state index is 0.0265. The Morgan fingerprint density at radius 3 is 2.90 bits per heavy atom. The van der Waals surface area contributed by atoms with Crippen molar-refractivity contribution in [2.45, 2.75) is 25.8 Å². The van der Waals surface area contributed by atoms with Crippen molar-refractivity contribution in [2.24, 2.45) is 0 Å². The molecule has 1 aromatic rings. The number of halogens is 1. The molecular weight excluding hydrogens is 322 g/mol. The van der Waals surface area contributed by atoms with Gasteiger partial charge in [-0.25, -0.2) is 0 Å². The van der Waals surface area contributed by atoms with E-state index in [1.54, 1.807) is 17.0 Å². The predicted molar refractivity (Wildman–Crippen MR) is 81.3 cm³/mol. The Balaban J connectivity index is 2.12. The van der Waals surface area contributed by atoms with Crippen LogP contribution in [0.1, 0.15) is 30.1 Å². The number of carbonyl (C=O) groups excluding carboxylic acids is 2. The monoisotopic (exact) mass is 339 g/mol. The van der Waals surface area contributed by atoms with Crippen LogP contribution in [0.5, 0.6) is 0 Å². The van der Waals surface area contributed by atoms with Crippen molar-refractivity contribution < 1.29 is 9.59 Å². The summed E-state index contributed by atoms with van der Waals surface area (Å²) < 4.78 is 0.825. The summed E-state index contributed by atoms with van der Waals surface area (Å²) in [7, 11) is 0. The fourth-order valence-electron chi connectivity index (χ4n) is 2.45. The van der Waals surface area contributed by atoms with Gasteiger partial charge < -0.3 is 16.0 Å². The molecule has 0 spiro atoms. The maximum absolute atomic E-state index is 12.5. The lowest BCUT2D eigenvalue weighted by molar-refractivity contribution is -0.120. The summed E-state index contributed by atoms with van der Waals surface area (Å²) in [5, 5.41) is 2.87. The zero-order chi connectivity index (χ0) is 14.7. The number of amides is 2. The van der Waals surface area contributed by atoms with Crippen molar-refractivity contribution in [3.05, 3.63) is 28.2 Å². The fourth-order valence-corrected chi connectivity index (χ4v) is 2.81. The number of hydrogen-bond acceptors (Lipinski definition) is 3. The molecule has 1 unspecified atom stereocenters. The van der Waals surface area contributed by atoms with Gasteiger partial charge in [-0.3, -0.25) is 9.59 Å². The Labute approximate surface area is 126 Å². The van der Waals surface area contributed by atoms with Crippen molar-refractivity contribution in [2.75, 3.05) is 18.8 Å². The molecule has 1 fully saturated rings. The van der Waals surface area contributed by atoms with Gasteiger partial charge in [0.25, 0.3) is 5.91 Å². The number of rotatable bonds is 2. The highest BCUT2D eigenvalue weighted by Crippen LogP contribution is 2.22. The van der Waals surface area contributed by atoms with Crippen LogP contribution >= 0.6 is 15.9 Å². The molecule has 5 nitrogen and oxygen atoms in total. The summed E-state index contributed by atoms with van der Waals surface area (Å²) >= 11 is 3.35. The maximum atomic E-state index is 12.5. The Kier molecular flexibility index (Phi) is 4.65. The molecule has 1 atom stereocenters. The van der Waals surface area contributed by atoms with Crippen LogP contribution in [-0.2, 0) is 4.79 Å². The number of nitrogens with two attached hydrogens (primary N) is 1. The molecule has 0 bridgehead atoms. The molecule has 1 aliphatic heterocycles. The van der Waals surface area contributed by atoms with E-state index in [-0.39, 0.29) is 17.9 Å². The van der Waals surface area contributed by atoms with Crippen LogP contribution in [0.4, 0.5) is 5.69 Å². The lowest BCUT2D eigenvalue weighted by Gasteiger charge is -2.33. The minimum atomic E-state index is -0.0844. The van der Waals surface area contributed by atoms with Crippen LogP contribution in [0.25, 0.3) is 0 Å². The predicted octanol–water partition coefficient (Wildman–Crippen LogP) is 1.77. The molecule has 0 aromatic heterocycles. The van der Waals surface area contributed by atoms with E-state index in [0.717, 1.165) is 17.3 Å². The molecule has 2 rings (SSSR count). The average Bonchev–Trinajstić information content (AvgIpc) is 2.40. The Morgan fingerprint density at radius 1 is 1.45 bits per heavy atom. The van der Waals surface area contributed by atoms with Crippen LogP contribution in [0.3, 0.4) is 0 Å². The smallest absolute Gasteiger partial charge is 0.256 e. The molecular formula is C14H18BrN3O2. The third-order valence-corrected chi connectivity index (χ3v) is 3.85. The van der Waals surface area contributed by atoms with E-state index in [9.17, 15) is 9.59 Å². The molecule has 1 saturated heterocycles. The van der Waals surface area contributed by atoms with Gasteiger partial charge in [-0.1, -0.05) is 15.9 Å². The molecule has 2 amide bonds. The van der Waals surface area contributed by atoms with Gasteiger partial charge in [0.2, 0.25) is 5.91 Å². The first-order valence-electron chi connectivity index (χ1n) is 6.59. The van der Waals surface area contributed by atoms with Crippen molar-refractivity contribution in [3.63, 3.8) is 0 Å². The van der Waals surface area contributed by atoms with Gasteiger partial charge in [-0.05, 0) is 31.0 Å². The standard InChI is InChI=1S/C14H18BrN3O2/c1-9(19)17-11-3-2-6-18(8-11)14(20)12-7-10(15)4-5-13(12)16/h4-5,7,11H,2-3,6,8,16H2,1H3,(H,17,19). The topological polar surface area (TPSA) is 75.4 Å². The van der Waals surface area contributed by atoms with Gasteiger partial charge in [0.05, 0.1) is 5.56 Å². The fraction of sp³-hybridized carbons (Fsp3) is 0.429. The van der Waals surface area contributed by atoms with Crippen LogP contribution in [-0.4, -0.2) is 35.8 Å². The van der Waals surface area contributed by atoms with Crippen molar-refractivity contribution in [1.29, 1.82) is 0 Å². The first-order valence-corrected chi connectivity index (χ1v) is 7.38. The molecule has 1 aromatic carbocycles. The highest BCUT2D eigenvalue weighted by atomic mass is 79.9. The highest BCUT2D eigenvalue weighted by molar-refractivity contribution is 9.10. The van der Waals surface area contributed by atoms with Gasteiger partial charge in [0, 0.05) is 36.2 Å². The van der Waals surface area contributed by atoms with Crippen LogP contribution < -0.4 is 11.1 Å². The van der Waals surface area contributed by atoms with Gasteiger partial charge in [-0.15, -0.1) is 0 Å². The number of nitrogens with one attached hydrogen (secondary N) is 1. The molecule has 3 N–H and O–H groups in total. The SMILES string of the molecule is CC(=O)NC1CCCN(C(=O)c2cc(Br)ccc2N)C1. The number of likely N-dealkylation sites (tertiary alicyclic amines) is 1. The zero-order valence-corrected chi connectivity index (χ0v) is 12.9. The normalized spacial score (nSPS) is 18.7. The molecule has 0 aliphatic carbocycles. The first-order chi connectivity index (χ1) is 9.47. The molecule has 108 valence electrons. The molecule has 20 heavy (non-hydrogen) atoms. The summed E-state index contributed by atoms with van der Waals surface area (Å²) in [6.45, 7) is 2.72. The number of anilines is 1. The van der Waals surface area contributed by atoms with Gasteiger partial charge in [-0.2, -0.15) is 0 Å². The Hall–Kier alpha value is -1.56. The number of hydrogen-bond donors (Lipinski definition) is 2. The van der Waals surface area contributed by atoms with Crippen molar-refractivity contribution in [1.82, 2.24) is 10.2 Å². The lowest BCUT2D eigenvalue weighted by Crippen LogP contribution is -2.49. The van der Waals surface area contributed by atoms with Crippen molar-refractivity contribution >= 4 is 33.4 Å². The number of piperidine rings is 1. The molecule has 1 aliphatic rings. The van der Waals surface area contributed by atoms with E-state index in [1.165, 1.54) is 6.92 Å². The summed E-state index contributed by atoms with van der Waals surface area (Å²) in [6.07, 6.45) is 1.78. The quantitative estimate of drug-likeness (QED) is 0.806. The Bertz CT molecular complexity index is 533. The van der Waals surface area contributed by atoms with Gasteiger partial charge in [0.1, 0.15) is 0 Å². The van der Waals surface area contributed by atoms with Gasteiger partial charge in [0.15, 0.2) is 0 Å². The van der Waals surface area contributed by atoms with Crippen LogP contribution in [0.15, 0.2) is 22.7 Å². The summed E-state index contributed by atoms with van der Waals surface area (Å²) in [4.78, 5) is 25.4. The van der Waals surface area contributed by atoms with Crippen LogP contribution in [0.2, 0.25) is 0 Å². The van der Waals surface area contributed by atoms with E-state index in [1.807, 2.05) is 6.07 Å². The number of carbonyl (C=O) groups is 2. The lowest BCUT2D eigenvalue weighted by atomic mass is 10.0. The highest BCUT2D eigenvalue weighted by Gasteiger charge is 2.25. The Morgan fingerprint density at radius 2 is 2.20 bits per heavy atom. The number of nitrogen functional groups attached to an aromatic ring is 1. The molecule has 0 radical (unpaired) electrons. The molecule has 6 heteroatoms. The maximum Gasteiger partial charge on any atom is 0.256 e. The average molecular weight is 340 g/mol.